The highest BCUT2D eigenvalue weighted by Gasteiger charge is 2.30. The zero-order valence-corrected chi connectivity index (χ0v) is 12.2. The third-order valence-electron chi connectivity index (χ3n) is 3.47. The van der Waals surface area contributed by atoms with Crippen LogP contribution in [0.2, 0.25) is 0 Å². The summed E-state index contributed by atoms with van der Waals surface area (Å²) >= 11 is 1.48. The van der Waals surface area contributed by atoms with Gasteiger partial charge in [0.05, 0.1) is 31.1 Å². The summed E-state index contributed by atoms with van der Waals surface area (Å²) in [6.45, 7) is 1.38. The number of hydrogen-bond donors (Lipinski definition) is 0. The maximum atomic E-state index is 12.5. The molecule has 5 nitrogen and oxygen atoms in total. The van der Waals surface area contributed by atoms with Gasteiger partial charge in [0.1, 0.15) is 0 Å². The zero-order chi connectivity index (χ0) is 14.7. The highest BCUT2D eigenvalue weighted by atomic mass is 32.1. The van der Waals surface area contributed by atoms with Gasteiger partial charge in [-0.2, -0.15) is 11.3 Å². The number of ether oxygens (including phenoxy) is 1. The summed E-state index contributed by atoms with van der Waals surface area (Å²) < 4.78 is 10.5. The Balaban J connectivity index is 1.72. The van der Waals surface area contributed by atoms with Gasteiger partial charge in [0, 0.05) is 18.3 Å². The van der Waals surface area contributed by atoms with Crippen molar-refractivity contribution in [3.8, 4) is 0 Å². The first-order valence-electron chi connectivity index (χ1n) is 6.73. The van der Waals surface area contributed by atoms with E-state index in [9.17, 15) is 9.59 Å². The summed E-state index contributed by atoms with van der Waals surface area (Å²) in [5.41, 5.74) is 0.664. The molecular formula is C15H15NO4S. The smallest absolute Gasteiger partial charge is 0.255 e. The van der Waals surface area contributed by atoms with E-state index in [0.29, 0.717) is 31.1 Å². The van der Waals surface area contributed by atoms with Crippen molar-refractivity contribution < 1.29 is 18.7 Å². The van der Waals surface area contributed by atoms with Crippen LogP contribution in [0, 0.1) is 0 Å². The first-order chi connectivity index (χ1) is 10.3. The highest BCUT2D eigenvalue weighted by molar-refractivity contribution is 7.08. The summed E-state index contributed by atoms with van der Waals surface area (Å²) in [6, 6.07) is 4.87. The van der Waals surface area contributed by atoms with Crippen molar-refractivity contribution in [1.82, 2.24) is 4.90 Å². The summed E-state index contributed by atoms with van der Waals surface area (Å²) in [6.07, 6.45) is 1.68. The van der Waals surface area contributed by atoms with E-state index in [1.165, 1.54) is 17.6 Å². The van der Waals surface area contributed by atoms with Crippen LogP contribution in [-0.4, -0.2) is 42.4 Å². The van der Waals surface area contributed by atoms with Gasteiger partial charge in [-0.3, -0.25) is 9.59 Å². The largest absolute Gasteiger partial charge is 0.461 e. The second-order valence-electron chi connectivity index (χ2n) is 4.84. The summed E-state index contributed by atoms with van der Waals surface area (Å²) in [4.78, 5) is 26.4. The fourth-order valence-corrected chi connectivity index (χ4v) is 3.02. The molecule has 1 saturated heterocycles. The number of Topliss-reactive ketones (excluding diaryl/α,β-unsaturated/α-hetero) is 1. The molecule has 21 heavy (non-hydrogen) atoms. The monoisotopic (exact) mass is 305 g/mol. The maximum Gasteiger partial charge on any atom is 0.255 e. The van der Waals surface area contributed by atoms with E-state index in [1.54, 1.807) is 23.1 Å². The number of thiophene rings is 1. The van der Waals surface area contributed by atoms with E-state index < -0.39 is 0 Å². The van der Waals surface area contributed by atoms with E-state index in [-0.39, 0.29) is 24.2 Å². The Hall–Kier alpha value is -1.92. The molecule has 1 aliphatic rings. The van der Waals surface area contributed by atoms with Crippen molar-refractivity contribution in [3.05, 3.63) is 46.5 Å². The van der Waals surface area contributed by atoms with Crippen LogP contribution in [0.3, 0.4) is 0 Å². The van der Waals surface area contributed by atoms with Crippen molar-refractivity contribution in [2.45, 2.75) is 12.5 Å². The molecular weight excluding hydrogens is 290 g/mol. The molecule has 1 aliphatic heterocycles. The lowest BCUT2D eigenvalue weighted by Gasteiger charge is -2.35. The average Bonchev–Trinajstić information content (AvgIpc) is 3.20. The molecule has 0 radical (unpaired) electrons. The SMILES string of the molecule is O=C(CC1COCCN1C(=O)c1ccsc1)c1ccco1. The van der Waals surface area contributed by atoms with Crippen LogP contribution in [-0.2, 0) is 4.74 Å². The van der Waals surface area contributed by atoms with Crippen molar-refractivity contribution in [2.24, 2.45) is 0 Å². The van der Waals surface area contributed by atoms with Crippen LogP contribution in [0.4, 0.5) is 0 Å². The van der Waals surface area contributed by atoms with Gasteiger partial charge in [-0.15, -0.1) is 0 Å². The number of rotatable bonds is 4. The van der Waals surface area contributed by atoms with Gasteiger partial charge in [0.2, 0.25) is 0 Å². The van der Waals surface area contributed by atoms with Gasteiger partial charge >= 0.3 is 0 Å². The van der Waals surface area contributed by atoms with Crippen LogP contribution in [0.15, 0.2) is 39.6 Å². The molecule has 2 aromatic heterocycles. The van der Waals surface area contributed by atoms with E-state index in [1.807, 2.05) is 10.8 Å². The molecule has 6 heteroatoms. The van der Waals surface area contributed by atoms with Crippen LogP contribution in [0.25, 0.3) is 0 Å². The van der Waals surface area contributed by atoms with Crippen LogP contribution in [0.1, 0.15) is 27.3 Å². The number of morpholine rings is 1. The Morgan fingerprint density at radius 1 is 1.38 bits per heavy atom. The number of carbonyl (C=O) groups excluding carboxylic acids is 2. The number of ketones is 1. The lowest BCUT2D eigenvalue weighted by atomic mass is 10.1. The normalized spacial score (nSPS) is 18.7. The first kappa shape index (κ1) is 14.0. The minimum absolute atomic E-state index is 0.0446. The summed E-state index contributed by atoms with van der Waals surface area (Å²) in [5.74, 6) is 0.166. The molecule has 0 aromatic carbocycles. The fourth-order valence-electron chi connectivity index (χ4n) is 2.40. The van der Waals surface area contributed by atoms with Crippen molar-refractivity contribution >= 4 is 23.0 Å². The third-order valence-corrected chi connectivity index (χ3v) is 4.16. The fraction of sp³-hybridized carbons (Fsp3) is 0.333. The van der Waals surface area contributed by atoms with E-state index in [0.717, 1.165) is 0 Å². The predicted octanol–water partition coefficient (Wildman–Crippen LogP) is 2.46. The number of carbonyl (C=O) groups is 2. The minimum Gasteiger partial charge on any atom is -0.461 e. The van der Waals surface area contributed by atoms with Gasteiger partial charge in [-0.1, -0.05) is 0 Å². The lowest BCUT2D eigenvalue weighted by molar-refractivity contribution is -0.00300. The number of nitrogens with zero attached hydrogens (tertiary/aromatic N) is 1. The molecule has 1 amide bonds. The van der Waals surface area contributed by atoms with Crippen LogP contribution in [0.5, 0.6) is 0 Å². The van der Waals surface area contributed by atoms with Crippen molar-refractivity contribution in [2.75, 3.05) is 19.8 Å². The molecule has 0 spiro atoms. The Morgan fingerprint density at radius 2 is 2.29 bits per heavy atom. The summed E-state index contributed by atoms with van der Waals surface area (Å²) in [5, 5.41) is 3.69. The Bertz CT molecular complexity index is 606. The molecule has 3 heterocycles. The molecule has 0 N–H and O–H groups in total. The molecule has 0 bridgehead atoms. The summed E-state index contributed by atoms with van der Waals surface area (Å²) in [7, 11) is 0. The van der Waals surface area contributed by atoms with Crippen LogP contribution < -0.4 is 0 Å². The standard InChI is InChI=1S/C15H15NO4S/c17-13(14-2-1-5-20-14)8-12-9-19-6-4-16(12)15(18)11-3-7-21-10-11/h1-3,5,7,10,12H,4,6,8-9H2. The molecule has 1 atom stereocenters. The molecule has 3 rings (SSSR count). The highest BCUT2D eigenvalue weighted by Crippen LogP contribution is 2.18. The Kier molecular flexibility index (Phi) is 4.17. The van der Waals surface area contributed by atoms with Gasteiger partial charge in [-0.05, 0) is 23.6 Å². The topological polar surface area (TPSA) is 59.8 Å². The third kappa shape index (κ3) is 3.06. The number of amides is 1. The minimum atomic E-state index is -0.247. The zero-order valence-electron chi connectivity index (χ0n) is 11.4. The molecule has 0 saturated carbocycles. The molecule has 1 fully saturated rings. The molecule has 2 aromatic rings. The van der Waals surface area contributed by atoms with Gasteiger partial charge in [-0.25, -0.2) is 0 Å². The van der Waals surface area contributed by atoms with Gasteiger partial charge in [0.15, 0.2) is 11.5 Å². The van der Waals surface area contributed by atoms with Crippen molar-refractivity contribution in [3.63, 3.8) is 0 Å². The average molecular weight is 305 g/mol. The Morgan fingerprint density at radius 3 is 3.00 bits per heavy atom. The number of furan rings is 1. The Labute approximate surface area is 126 Å². The maximum absolute atomic E-state index is 12.5. The van der Waals surface area contributed by atoms with Gasteiger partial charge < -0.3 is 14.1 Å². The predicted molar refractivity (Wildman–Crippen MR) is 77.6 cm³/mol. The van der Waals surface area contributed by atoms with E-state index >= 15 is 0 Å². The van der Waals surface area contributed by atoms with Crippen molar-refractivity contribution in [1.29, 1.82) is 0 Å². The van der Waals surface area contributed by atoms with Crippen LogP contribution >= 0.6 is 11.3 Å². The molecule has 0 aliphatic carbocycles. The van der Waals surface area contributed by atoms with E-state index in [4.69, 9.17) is 9.15 Å². The molecule has 1 unspecified atom stereocenters. The molecule has 110 valence electrons. The number of hydrogen-bond acceptors (Lipinski definition) is 5. The second-order valence-corrected chi connectivity index (χ2v) is 5.62. The van der Waals surface area contributed by atoms with Gasteiger partial charge in [0.25, 0.3) is 5.91 Å². The quantitative estimate of drug-likeness (QED) is 0.814. The second kappa shape index (κ2) is 6.24. The first-order valence-corrected chi connectivity index (χ1v) is 7.67. The lowest BCUT2D eigenvalue weighted by Crippen LogP contribution is -2.49. The van der Waals surface area contributed by atoms with E-state index in [2.05, 4.69) is 0 Å².